The van der Waals surface area contributed by atoms with Crippen LogP contribution in [0.25, 0.3) is 4.96 Å². The highest BCUT2D eigenvalue weighted by atomic mass is 32.1. The molecule has 0 radical (unpaired) electrons. The second-order valence-electron chi connectivity index (χ2n) is 5.56. The standard InChI is InChI=1S/C18H19N3O4S/c1-2-15-20-21-16(22)11-13(19-18(21)26-15)12-25-17(23)9-6-10-24-14-7-4-3-5-8-14/h3-5,7-8,11H,2,6,9-10,12H2,1H3. The van der Waals surface area contributed by atoms with Crippen LogP contribution < -0.4 is 10.3 Å². The molecule has 3 rings (SSSR count). The van der Waals surface area contributed by atoms with Gasteiger partial charge in [-0.2, -0.15) is 9.61 Å². The number of hydrogen-bond donors (Lipinski definition) is 0. The molecule has 0 aliphatic rings. The van der Waals surface area contributed by atoms with Crippen molar-refractivity contribution in [3.63, 3.8) is 0 Å². The van der Waals surface area contributed by atoms with Gasteiger partial charge >= 0.3 is 5.97 Å². The summed E-state index contributed by atoms with van der Waals surface area (Å²) in [6, 6.07) is 10.8. The van der Waals surface area contributed by atoms with Crippen molar-refractivity contribution in [2.24, 2.45) is 0 Å². The molecule has 2 heterocycles. The Bertz CT molecular complexity index is 937. The molecule has 8 heteroatoms. The van der Waals surface area contributed by atoms with Gasteiger partial charge in [0.2, 0.25) is 4.96 Å². The lowest BCUT2D eigenvalue weighted by molar-refractivity contribution is -0.145. The van der Waals surface area contributed by atoms with E-state index in [1.54, 1.807) is 0 Å². The van der Waals surface area contributed by atoms with E-state index in [2.05, 4.69) is 10.1 Å². The SMILES string of the molecule is CCc1nn2c(=O)cc(COC(=O)CCCOc3ccccc3)nc2s1. The zero-order valence-corrected chi connectivity index (χ0v) is 15.2. The molecule has 136 valence electrons. The van der Waals surface area contributed by atoms with E-state index in [0.717, 1.165) is 17.2 Å². The highest BCUT2D eigenvalue weighted by Crippen LogP contribution is 2.12. The largest absolute Gasteiger partial charge is 0.494 e. The third kappa shape index (κ3) is 4.66. The summed E-state index contributed by atoms with van der Waals surface area (Å²) in [6.07, 6.45) is 1.54. The number of aromatic nitrogens is 3. The van der Waals surface area contributed by atoms with Gasteiger partial charge in [0.25, 0.3) is 5.56 Å². The molecule has 0 atom stereocenters. The number of carbonyl (C=O) groups excluding carboxylic acids is 1. The lowest BCUT2D eigenvalue weighted by Crippen LogP contribution is -2.16. The fourth-order valence-electron chi connectivity index (χ4n) is 2.26. The Morgan fingerprint density at radius 2 is 2.08 bits per heavy atom. The predicted molar refractivity (Wildman–Crippen MR) is 97.5 cm³/mol. The highest BCUT2D eigenvalue weighted by molar-refractivity contribution is 7.16. The second kappa shape index (κ2) is 8.57. The number of rotatable bonds is 8. The lowest BCUT2D eigenvalue weighted by Gasteiger charge is -2.06. The molecule has 0 saturated heterocycles. The van der Waals surface area contributed by atoms with Crippen molar-refractivity contribution in [1.29, 1.82) is 0 Å². The van der Waals surface area contributed by atoms with Gasteiger partial charge in [0.05, 0.1) is 12.3 Å². The summed E-state index contributed by atoms with van der Waals surface area (Å²) >= 11 is 1.36. The maximum absolute atomic E-state index is 12.0. The van der Waals surface area contributed by atoms with Gasteiger partial charge in [0.1, 0.15) is 17.4 Å². The van der Waals surface area contributed by atoms with Gasteiger partial charge in [-0.15, -0.1) is 0 Å². The number of aryl methyl sites for hydroxylation is 1. The minimum Gasteiger partial charge on any atom is -0.494 e. The fraction of sp³-hybridized carbons (Fsp3) is 0.333. The summed E-state index contributed by atoms with van der Waals surface area (Å²) in [7, 11) is 0. The van der Waals surface area contributed by atoms with E-state index in [1.165, 1.54) is 21.9 Å². The first-order chi connectivity index (χ1) is 12.7. The highest BCUT2D eigenvalue weighted by Gasteiger charge is 2.10. The average molecular weight is 373 g/mol. The van der Waals surface area contributed by atoms with Crippen LogP contribution in [0.4, 0.5) is 0 Å². The molecule has 1 aromatic carbocycles. The Morgan fingerprint density at radius 1 is 1.27 bits per heavy atom. The third-order valence-electron chi connectivity index (χ3n) is 3.56. The normalized spacial score (nSPS) is 10.8. The van der Waals surface area contributed by atoms with Gasteiger partial charge in [-0.05, 0) is 25.0 Å². The fourth-order valence-corrected chi connectivity index (χ4v) is 3.12. The van der Waals surface area contributed by atoms with Crippen molar-refractivity contribution in [1.82, 2.24) is 14.6 Å². The molecule has 0 saturated carbocycles. The first-order valence-electron chi connectivity index (χ1n) is 8.38. The van der Waals surface area contributed by atoms with Gasteiger partial charge in [-0.1, -0.05) is 36.5 Å². The summed E-state index contributed by atoms with van der Waals surface area (Å²) < 4.78 is 12.0. The topological polar surface area (TPSA) is 82.8 Å². The molecule has 0 bridgehead atoms. The third-order valence-corrected chi connectivity index (χ3v) is 4.61. The average Bonchev–Trinajstić information content (AvgIpc) is 3.08. The summed E-state index contributed by atoms with van der Waals surface area (Å²) in [5.41, 5.74) is 0.156. The Balaban J connectivity index is 1.47. The van der Waals surface area contributed by atoms with E-state index < -0.39 is 0 Å². The number of esters is 1. The van der Waals surface area contributed by atoms with E-state index in [0.29, 0.717) is 23.7 Å². The Kier molecular flexibility index (Phi) is 5.96. The number of carbonyl (C=O) groups is 1. The number of ether oxygens (including phenoxy) is 2. The van der Waals surface area contributed by atoms with Crippen molar-refractivity contribution in [3.05, 3.63) is 57.5 Å². The van der Waals surface area contributed by atoms with Crippen LogP contribution in [0.15, 0.2) is 41.2 Å². The quantitative estimate of drug-likeness (QED) is 0.446. The molecule has 3 aromatic rings. The molecule has 7 nitrogen and oxygen atoms in total. The van der Waals surface area contributed by atoms with Crippen LogP contribution in [0.3, 0.4) is 0 Å². The molecule has 0 aliphatic carbocycles. The Labute approximate surface area is 154 Å². The summed E-state index contributed by atoms with van der Waals surface area (Å²) in [4.78, 5) is 28.7. The summed E-state index contributed by atoms with van der Waals surface area (Å²) in [6.45, 7) is 2.38. The van der Waals surface area contributed by atoms with Crippen molar-refractivity contribution >= 4 is 22.3 Å². The minimum atomic E-state index is -0.345. The lowest BCUT2D eigenvalue weighted by atomic mass is 10.3. The molecule has 0 N–H and O–H groups in total. The van der Waals surface area contributed by atoms with Crippen LogP contribution >= 0.6 is 11.3 Å². The minimum absolute atomic E-state index is 0.0243. The van der Waals surface area contributed by atoms with Crippen LogP contribution in [0.2, 0.25) is 0 Å². The van der Waals surface area contributed by atoms with Crippen LogP contribution in [0.5, 0.6) is 5.75 Å². The maximum Gasteiger partial charge on any atom is 0.306 e. The van der Waals surface area contributed by atoms with Gasteiger partial charge in [-0.25, -0.2) is 4.98 Å². The smallest absolute Gasteiger partial charge is 0.306 e. The maximum atomic E-state index is 12.0. The van der Waals surface area contributed by atoms with Crippen LogP contribution in [-0.4, -0.2) is 27.2 Å². The first-order valence-corrected chi connectivity index (χ1v) is 9.19. The van der Waals surface area contributed by atoms with Crippen LogP contribution in [0.1, 0.15) is 30.5 Å². The van der Waals surface area contributed by atoms with Crippen LogP contribution in [0, 0.1) is 0 Å². The molecule has 0 unspecified atom stereocenters. The van der Waals surface area contributed by atoms with Crippen molar-refractivity contribution < 1.29 is 14.3 Å². The van der Waals surface area contributed by atoms with E-state index in [1.807, 2.05) is 37.3 Å². The Morgan fingerprint density at radius 3 is 2.85 bits per heavy atom. The van der Waals surface area contributed by atoms with Gasteiger partial charge < -0.3 is 9.47 Å². The van der Waals surface area contributed by atoms with Crippen molar-refractivity contribution in [2.45, 2.75) is 32.8 Å². The number of hydrogen-bond acceptors (Lipinski definition) is 7. The zero-order chi connectivity index (χ0) is 18.4. The van der Waals surface area contributed by atoms with Crippen molar-refractivity contribution in [3.8, 4) is 5.75 Å². The molecular formula is C18H19N3O4S. The molecule has 0 amide bonds. The molecule has 0 spiro atoms. The van der Waals surface area contributed by atoms with E-state index in [-0.39, 0.29) is 24.6 Å². The molecular weight excluding hydrogens is 354 g/mol. The number of nitrogens with zero attached hydrogens (tertiary/aromatic N) is 3. The molecule has 0 aliphatic heterocycles. The molecule has 26 heavy (non-hydrogen) atoms. The van der Waals surface area contributed by atoms with E-state index >= 15 is 0 Å². The molecule has 2 aromatic heterocycles. The zero-order valence-electron chi connectivity index (χ0n) is 14.4. The van der Waals surface area contributed by atoms with E-state index in [9.17, 15) is 9.59 Å². The predicted octanol–water partition coefficient (Wildman–Crippen LogP) is 2.62. The summed E-state index contributed by atoms with van der Waals surface area (Å²) in [5, 5.41) is 5.02. The van der Waals surface area contributed by atoms with Gasteiger partial charge in [0.15, 0.2) is 0 Å². The van der Waals surface area contributed by atoms with E-state index in [4.69, 9.17) is 9.47 Å². The number of para-hydroxylation sites is 1. The number of fused-ring (bicyclic) bond motifs is 1. The van der Waals surface area contributed by atoms with Gasteiger partial charge in [-0.3, -0.25) is 9.59 Å². The van der Waals surface area contributed by atoms with Gasteiger partial charge in [0, 0.05) is 12.5 Å². The van der Waals surface area contributed by atoms with Crippen molar-refractivity contribution in [2.75, 3.05) is 6.61 Å². The van der Waals surface area contributed by atoms with Crippen LogP contribution in [-0.2, 0) is 22.6 Å². The monoisotopic (exact) mass is 373 g/mol. The second-order valence-corrected chi connectivity index (χ2v) is 6.60. The Hall–Kier alpha value is -2.74. The first kappa shape index (κ1) is 18.1. The molecule has 0 fully saturated rings. The summed E-state index contributed by atoms with van der Waals surface area (Å²) in [5.74, 6) is 0.428. The number of benzene rings is 1.